The number of anilines is 1. The van der Waals surface area contributed by atoms with Crippen molar-refractivity contribution in [3.63, 3.8) is 0 Å². The van der Waals surface area contributed by atoms with Gasteiger partial charge in [-0.3, -0.25) is 10.1 Å². The van der Waals surface area contributed by atoms with E-state index in [-0.39, 0.29) is 18.0 Å². The highest BCUT2D eigenvalue weighted by Crippen LogP contribution is 2.26. The summed E-state index contributed by atoms with van der Waals surface area (Å²) in [5, 5.41) is 9.08. The Morgan fingerprint density at radius 3 is 2.32 bits per heavy atom. The average Bonchev–Trinajstić information content (AvgIpc) is 3.05. The van der Waals surface area contributed by atoms with Gasteiger partial charge >= 0.3 is 6.03 Å². The number of thiazole rings is 1. The Morgan fingerprint density at radius 1 is 1.04 bits per heavy atom. The van der Waals surface area contributed by atoms with Gasteiger partial charge in [-0.15, -0.1) is 0 Å². The monoisotopic (exact) mass is 392 g/mol. The fourth-order valence-corrected chi connectivity index (χ4v) is 4.13. The van der Waals surface area contributed by atoms with Crippen LogP contribution >= 0.6 is 11.3 Å². The minimum Gasteiger partial charge on any atom is -0.351 e. The molecule has 142 valence electrons. The van der Waals surface area contributed by atoms with Gasteiger partial charge in [0.2, 0.25) is 0 Å². The maximum Gasteiger partial charge on any atom is 0.321 e. The predicted molar refractivity (Wildman–Crippen MR) is 110 cm³/mol. The molecule has 0 fully saturated rings. The number of rotatable bonds is 4. The summed E-state index contributed by atoms with van der Waals surface area (Å²) >= 11 is 1.21. The minimum absolute atomic E-state index is 0.120. The summed E-state index contributed by atoms with van der Waals surface area (Å²) in [4.78, 5) is 29.8. The minimum atomic E-state index is -0.359. The first-order valence-electron chi connectivity index (χ1n) is 9.16. The van der Waals surface area contributed by atoms with Gasteiger partial charge in [-0.1, -0.05) is 72.0 Å². The second-order valence-corrected chi connectivity index (χ2v) is 7.51. The van der Waals surface area contributed by atoms with E-state index < -0.39 is 0 Å². The molecule has 1 aromatic heterocycles. The standard InChI is InChI=1S/C21H20N4O2S/c26-19-18-16(12-7-13-22-19)23-21(28-18)25-20(27)24-17(14-8-3-1-4-9-14)15-10-5-2-6-11-15/h1-6,8-11,17H,7,12-13H2,(H,22,26)(H2,23,24,25,27). The zero-order valence-corrected chi connectivity index (χ0v) is 16.0. The molecule has 2 aromatic carbocycles. The van der Waals surface area contributed by atoms with Crippen molar-refractivity contribution in [2.75, 3.05) is 11.9 Å². The number of amides is 3. The molecule has 0 saturated carbocycles. The maximum atomic E-state index is 12.7. The van der Waals surface area contributed by atoms with Crippen molar-refractivity contribution in [2.45, 2.75) is 18.9 Å². The van der Waals surface area contributed by atoms with Crippen molar-refractivity contribution in [3.8, 4) is 0 Å². The highest BCUT2D eigenvalue weighted by atomic mass is 32.1. The van der Waals surface area contributed by atoms with Crippen LogP contribution in [0, 0.1) is 0 Å². The van der Waals surface area contributed by atoms with Crippen LogP contribution < -0.4 is 16.0 Å². The molecule has 3 amide bonds. The SMILES string of the molecule is O=C(Nc1nc2c(s1)C(=O)NCCC2)NC(c1ccccc1)c1ccccc1. The van der Waals surface area contributed by atoms with E-state index in [1.807, 2.05) is 60.7 Å². The lowest BCUT2D eigenvalue weighted by Gasteiger charge is -2.19. The van der Waals surface area contributed by atoms with Crippen LogP contribution in [0.4, 0.5) is 9.93 Å². The normalized spacial score (nSPS) is 13.4. The quantitative estimate of drug-likeness (QED) is 0.633. The van der Waals surface area contributed by atoms with Crippen LogP contribution in [0.5, 0.6) is 0 Å². The summed E-state index contributed by atoms with van der Waals surface area (Å²) in [5.74, 6) is -0.120. The lowest BCUT2D eigenvalue weighted by atomic mass is 9.99. The molecule has 7 heteroatoms. The summed E-state index contributed by atoms with van der Waals surface area (Å²) < 4.78 is 0. The number of hydrogen-bond donors (Lipinski definition) is 3. The van der Waals surface area contributed by atoms with E-state index in [0.717, 1.165) is 29.7 Å². The van der Waals surface area contributed by atoms with Gasteiger partial charge in [0.1, 0.15) is 4.88 Å². The molecule has 2 heterocycles. The Hall–Kier alpha value is -3.19. The molecule has 0 aliphatic carbocycles. The van der Waals surface area contributed by atoms with E-state index in [0.29, 0.717) is 16.6 Å². The van der Waals surface area contributed by atoms with E-state index in [1.54, 1.807) is 0 Å². The zero-order chi connectivity index (χ0) is 19.3. The van der Waals surface area contributed by atoms with E-state index in [2.05, 4.69) is 20.9 Å². The average molecular weight is 392 g/mol. The molecule has 0 bridgehead atoms. The van der Waals surface area contributed by atoms with Gasteiger partial charge in [-0.05, 0) is 24.0 Å². The zero-order valence-electron chi connectivity index (χ0n) is 15.1. The van der Waals surface area contributed by atoms with Crippen LogP contribution in [-0.2, 0) is 6.42 Å². The fourth-order valence-electron chi connectivity index (χ4n) is 3.20. The van der Waals surface area contributed by atoms with Crippen molar-refractivity contribution in [1.82, 2.24) is 15.6 Å². The molecule has 1 aliphatic heterocycles. The largest absolute Gasteiger partial charge is 0.351 e. The first-order valence-corrected chi connectivity index (χ1v) is 9.97. The van der Waals surface area contributed by atoms with Crippen LogP contribution in [0.25, 0.3) is 0 Å². The van der Waals surface area contributed by atoms with Gasteiger partial charge in [-0.2, -0.15) is 0 Å². The number of nitrogens with zero attached hydrogens (tertiary/aromatic N) is 1. The van der Waals surface area contributed by atoms with Crippen molar-refractivity contribution in [3.05, 3.63) is 82.4 Å². The number of carbonyl (C=O) groups excluding carboxylic acids is 2. The Bertz CT molecular complexity index is 933. The smallest absolute Gasteiger partial charge is 0.321 e. The number of aryl methyl sites for hydroxylation is 1. The molecule has 0 radical (unpaired) electrons. The number of aromatic nitrogens is 1. The summed E-state index contributed by atoms with van der Waals surface area (Å²) in [5.41, 5.74) is 2.72. The Morgan fingerprint density at radius 2 is 1.68 bits per heavy atom. The topological polar surface area (TPSA) is 83.1 Å². The van der Waals surface area contributed by atoms with Crippen LogP contribution in [0.1, 0.15) is 39.0 Å². The predicted octanol–water partition coefficient (Wildman–Crippen LogP) is 3.73. The van der Waals surface area contributed by atoms with E-state index in [4.69, 9.17) is 0 Å². The summed E-state index contributed by atoms with van der Waals surface area (Å²) in [6.07, 6.45) is 1.57. The first-order chi connectivity index (χ1) is 13.7. The Kier molecular flexibility index (Phi) is 5.34. The highest BCUT2D eigenvalue weighted by Gasteiger charge is 2.22. The van der Waals surface area contributed by atoms with Gasteiger partial charge < -0.3 is 10.6 Å². The number of hydrogen-bond acceptors (Lipinski definition) is 4. The molecule has 1 aliphatic rings. The lowest BCUT2D eigenvalue weighted by Crippen LogP contribution is -2.33. The van der Waals surface area contributed by atoms with Gasteiger partial charge in [-0.25, -0.2) is 9.78 Å². The van der Waals surface area contributed by atoms with Crippen LogP contribution in [0.2, 0.25) is 0 Å². The molecular weight excluding hydrogens is 372 g/mol. The van der Waals surface area contributed by atoms with Gasteiger partial charge in [0.05, 0.1) is 11.7 Å². The summed E-state index contributed by atoms with van der Waals surface area (Å²) in [6.45, 7) is 0.654. The lowest BCUT2D eigenvalue weighted by molar-refractivity contribution is 0.0960. The molecule has 0 spiro atoms. The molecule has 3 N–H and O–H groups in total. The molecule has 28 heavy (non-hydrogen) atoms. The molecule has 0 saturated heterocycles. The van der Waals surface area contributed by atoms with Gasteiger partial charge in [0.15, 0.2) is 5.13 Å². The Labute approximate surface area is 167 Å². The highest BCUT2D eigenvalue weighted by molar-refractivity contribution is 7.17. The van der Waals surface area contributed by atoms with E-state index >= 15 is 0 Å². The maximum absolute atomic E-state index is 12.7. The molecule has 6 nitrogen and oxygen atoms in total. The number of carbonyl (C=O) groups is 2. The third kappa shape index (κ3) is 4.04. The number of fused-ring (bicyclic) bond motifs is 1. The second kappa shape index (κ2) is 8.22. The Balaban J connectivity index is 1.53. The third-order valence-corrected chi connectivity index (χ3v) is 5.55. The number of benzene rings is 2. The summed E-state index contributed by atoms with van der Waals surface area (Å²) in [6, 6.07) is 18.9. The van der Waals surface area contributed by atoms with Crippen molar-refractivity contribution in [1.29, 1.82) is 0 Å². The van der Waals surface area contributed by atoms with Gasteiger partial charge in [0, 0.05) is 6.54 Å². The molecule has 0 unspecified atom stereocenters. The van der Waals surface area contributed by atoms with E-state index in [1.165, 1.54) is 11.3 Å². The van der Waals surface area contributed by atoms with Crippen molar-refractivity contribution in [2.24, 2.45) is 0 Å². The van der Waals surface area contributed by atoms with E-state index in [9.17, 15) is 9.59 Å². The first kappa shape index (κ1) is 18.2. The molecule has 4 rings (SSSR count). The molecule has 3 aromatic rings. The van der Waals surface area contributed by atoms with Crippen molar-refractivity contribution < 1.29 is 9.59 Å². The number of urea groups is 1. The number of nitrogens with one attached hydrogen (secondary N) is 3. The van der Waals surface area contributed by atoms with Gasteiger partial charge in [0.25, 0.3) is 5.91 Å². The van der Waals surface area contributed by atoms with Crippen LogP contribution in [0.15, 0.2) is 60.7 Å². The summed E-state index contributed by atoms with van der Waals surface area (Å²) in [7, 11) is 0. The molecule has 0 atom stereocenters. The van der Waals surface area contributed by atoms with Crippen LogP contribution in [0.3, 0.4) is 0 Å². The van der Waals surface area contributed by atoms with Crippen molar-refractivity contribution >= 4 is 28.4 Å². The van der Waals surface area contributed by atoms with Crippen LogP contribution in [-0.4, -0.2) is 23.5 Å². The fraction of sp³-hybridized carbons (Fsp3) is 0.190. The second-order valence-electron chi connectivity index (χ2n) is 6.51. The molecular formula is C21H20N4O2S. The third-order valence-electron chi connectivity index (χ3n) is 4.54.